The zero-order valence-electron chi connectivity index (χ0n) is 26.2. The largest absolute Gasteiger partial charge is 0.490 e. The van der Waals surface area contributed by atoms with Gasteiger partial charge in [-0.3, -0.25) is 19.4 Å². The fourth-order valence-electron chi connectivity index (χ4n) is 4.98. The normalized spacial score (nSPS) is 20.8. The number of rotatable bonds is 8. The second-order valence-electron chi connectivity index (χ2n) is 11.6. The highest BCUT2D eigenvalue weighted by atomic mass is 19.4. The van der Waals surface area contributed by atoms with Gasteiger partial charge in [0.25, 0.3) is 11.8 Å². The number of carbonyl (C=O) groups excluding carboxylic acids is 3. The van der Waals surface area contributed by atoms with Crippen LogP contribution in [-0.4, -0.2) is 95.4 Å². The van der Waals surface area contributed by atoms with Crippen LogP contribution >= 0.6 is 0 Å². The third-order valence-electron chi connectivity index (χ3n) is 7.75. The number of fused-ring (bicyclic) bond motifs is 1. The molecule has 10 nitrogen and oxygen atoms in total. The van der Waals surface area contributed by atoms with Crippen molar-refractivity contribution in [1.82, 2.24) is 14.8 Å². The molecule has 2 heterocycles. The monoisotopic (exact) mass is 636 g/mol. The average molecular weight is 637 g/mol. The summed E-state index contributed by atoms with van der Waals surface area (Å²) in [5.41, 5.74) is 0.945. The van der Waals surface area contributed by atoms with Gasteiger partial charge in [0, 0.05) is 62.7 Å². The number of nitrogens with one attached hydrogen (secondary N) is 1. The number of pyridine rings is 1. The summed E-state index contributed by atoms with van der Waals surface area (Å²) in [6.07, 6.45) is -2.07. The number of anilines is 1. The van der Waals surface area contributed by atoms with E-state index in [4.69, 9.17) is 9.47 Å². The van der Waals surface area contributed by atoms with Crippen LogP contribution in [0.4, 0.5) is 18.9 Å². The van der Waals surface area contributed by atoms with Gasteiger partial charge in [0.05, 0.1) is 36.8 Å². The van der Waals surface area contributed by atoms with E-state index in [0.717, 1.165) is 6.42 Å². The molecule has 0 spiro atoms. The lowest BCUT2D eigenvalue weighted by Crippen LogP contribution is -2.48. The Morgan fingerprint density at radius 1 is 1.18 bits per heavy atom. The Morgan fingerprint density at radius 3 is 2.56 bits per heavy atom. The third-order valence-corrected chi connectivity index (χ3v) is 7.75. The van der Waals surface area contributed by atoms with E-state index in [2.05, 4.69) is 10.3 Å². The maximum Gasteiger partial charge on any atom is 0.389 e. The first-order chi connectivity index (χ1) is 21.3. The van der Waals surface area contributed by atoms with Gasteiger partial charge >= 0.3 is 6.18 Å². The van der Waals surface area contributed by atoms with E-state index in [-0.39, 0.29) is 43.2 Å². The van der Waals surface area contributed by atoms with Gasteiger partial charge in [-0.1, -0.05) is 6.92 Å². The van der Waals surface area contributed by atoms with E-state index in [1.807, 2.05) is 13.8 Å². The molecule has 45 heavy (non-hydrogen) atoms. The lowest BCUT2D eigenvalue weighted by atomic mass is 10.0. The van der Waals surface area contributed by atoms with E-state index >= 15 is 0 Å². The molecule has 4 atom stereocenters. The van der Waals surface area contributed by atoms with Crippen LogP contribution in [0.15, 0.2) is 42.7 Å². The summed E-state index contributed by atoms with van der Waals surface area (Å²) in [6, 6.07) is 7.33. The highest BCUT2D eigenvalue weighted by Gasteiger charge is 2.32. The number of ether oxygens (including phenoxy) is 2. The minimum atomic E-state index is -4.44. The first-order valence-corrected chi connectivity index (χ1v) is 15.1. The van der Waals surface area contributed by atoms with Crippen molar-refractivity contribution in [3.05, 3.63) is 53.9 Å². The van der Waals surface area contributed by atoms with Gasteiger partial charge in [0.15, 0.2) is 0 Å². The van der Waals surface area contributed by atoms with E-state index < -0.39 is 43.0 Å². The van der Waals surface area contributed by atoms with Gasteiger partial charge in [-0.25, -0.2) is 0 Å². The summed E-state index contributed by atoms with van der Waals surface area (Å²) < 4.78 is 50.5. The number of aliphatic hydroxyl groups is 1. The van der Waals surface area contributed by atoms with Gasteiger partial charge in [-0.2, -0.15) is 13.2 Å². The van der Waals surface area contributed by atoms with Crippen molar-refractivity contribution in [1.29, 1.82) is 0 Å². The lowest BCUT2D eigenvalue weighted by Gasteiger charge is -2.36. The number of amides is 3. The number of hydrogen-bond acceptors (Lipinski definition) is 7. The summed E-state index contributed by atoms with van der Waals surface area (Å²) in [5.74, 6) is -1.53. The van der Waals surface area contributed by atoms with Crippen LogP contribution in [0.25, 0.3) is 0 Å². The van der Waals surface area contributed by atoms with Crippen molar-refractivity contribution < 1.29 is 42.1 Å². The highest BCUT2D eigenvalue weighted by molar-refractivity contribution is 6.05. The third kappa shape index (κ3) is 11.0. The summed E-state index contributed by atoms with van der Waals surface area (Å²) in [6.45, 7) is 5.57. The molecule has 3 rings (SSSR count). The zero-order valence-corrected chi connectivity index (χ0v) is 26.2. The van der Waals surface area contributed by atoms with E-state index in [0.29, 0.717) is 36.4 Å². The molecule has 3 amide bonds. The van der Waals surface area contributed by atoms with Crippen LogP contribution < -0.4 is 10.1 Å². The molecule has 0 saturated carbocycles. The Labute approximate surface area is 261 Å². The van der Waals surface area contributed by atoms with Crippen LogP contribution in [0.1, 0.15) is 73.6 Å². The molecule has 0 bridgehead atoms. The quantitative estimate of drug-likeness (QED) is 0.422. The number of aliphatic hydroxyl groups excluding tert-OH is 1. The van der Waals surface area contributed by atoms with E-state index in [1.54, 1.807) is 31.2 Å². The highest BCUT2D eigenvalue weighted by Crippen LogP contribution is 2.29. The predicted molar refractivity (Wildman–Crippen MR) is 162 cm³/mol. The van der Waals surface area contributed by atoms with Crippen LogP contribution in [0.5, 0.6) is 5.75 Å². The SMILES string of the molecule is C[C@@H]1CCCCO[C@H](CN(C)C(=O)CCC(F)(F)F)[C@@H](C)CN([C@@H](C)CO)C(=O)c2cc(NC(=O)c3ccncc3)ccc2O1. The molecule has 0 radical (unpaired) electrons. The van der Waals surface area contributed by atoms with Crippen LogP contribution in [0.2, 0.25) is 0 Å². The van der Waals surface area contributed by atoms with Gasteiger partial charge in [0.1, 0.15) is 5.75 Å². The van der Waals surface area contributed by atoms with E-state index in [1.165, 1.54) is 35.3 Å². The van der Waals surface area contributed by atoms with Crippen LogP contribution in [-0.2, 0) is 9.53 Å². The molecule has 1 aromatic carbocycles. The van der Waals surface area contributed by atoms with E-state index in [9.17, 15) is 32.7 Å². The molecule has 0 saturated heterocycles. The van der Waals surface area contributed by atoms with Crippen molar-refractivity contribution in [3.63, 3.8) is 0 Å². The minimum Gasteiger partial charge on any atom is -0.490 e. The molecule has 0 unspecified atom stereocenters. The molecule has 0 fully saturated rings. The molecule has 1 aliphatic rings. The summed E-state index contributed by atoms with van der Waals surface area (Å²) in [5, 5.41) is 12.9. The summed E-state index contributed by atoms with van der Waals surface area (Å²) in [4.78, 5) is 46.2. The Hall–Kier alpha value is -3.71. The number of likely N-dealkylation sites (N-methyl/N-ethyl adjacent to an activating group) is 1. The van der Waals surface area contributed by atoms with Crippen molar-refractivity contribution in [2.45, 2.75) is 77.3 Å². The molecule has 2 N–H and O–H groups in total. The molecular weight excluding hydrogens is 593 g/mol. The number of nitrogens with zero attached hydrogens (tertiary/aromatic N) is 3. The Bertz CT molecular complexity index is 1280. The average Bonchev–Trinajstić information content (AvgIpc) is 3.01. The smallest absolute Gasteiger partial charge is 0.389 e. The molecule has 248 valence electrons. The van der Waals surface area contributed by atoms with Gasteiger partial charge in [-0.05, 0) is 63.4 Å². The lowest BCUT2D eigenvalue weighted by molar-refractivity contribution is -0.149. The summed E-state index contributed by atoms with van der Waals surface area (Å²) in [7, 11) is 1.44. The summed E-state index contributed by atoms with van der Waals surface area (Å²) >= 11 is 0. The first kappa shape index (κ1) is 35.8. The maximum atomic E-state index is 14.2. The predicted octanol–water partition coefficient (Wildman–Crippen LogP) is 4.93. The molecule has 1 aromatic heterocycles. The second-order valence-corrected chi connectivity index (χ2v) is 11.6. The first-order valence-electron chi connectivity index (χ1n) is 15.1. The second kappa shape index (κ2) is 16.6. The fourth-order valence-corrected chi connectivity index (χ4v) is 4.98. The van der Waals surface area contributed by atoms with Crippen molar-refractivity contribution in [3.8, 4) is 5.75 Å². The number of aromatic nitrogens is 1. The zero-order chi connectivity index (χ0) is 33.1. The Balaban J connectivity index is 1.91. The fraction of sp³-hybridized carbons (Fsp3) is 0.562. The molecular formula is C32H43F3N4O6. The Kier molecular flexibility index (Phi) is 13.2. The molecule has 1 aliphatic heterocycles. The van der Waals surface area contributed by atoms with Crippen molar-refractivity contribution >= 4 is 23.4 Å². The topological polar surface area (TPSA) is 121 Å². The van der Waals surface area contributed by atoms with Crippen LogP contribution in [0, 0.1) is 5.92 Å². The van der Waals surface area contributed by atoms with Crippen molar-refractivity contribution in [2.75, 3.05) is 38.7 Å². The molecule has 13 heteroatoms. The number of alkyl halides is 3. The van der Waals surface area contributed by atoms with Crippen molar-refractivity contribution in [2.24, 2.45) is 5.92 Å². The van der Waals surface area contributed by atoms with Gasteiger partial charge in [-0.15, -0.1) is 0 Å². The van der Waals surface area contributed by atoms with Crippen LogP contribution in [0.3, 0.4) is 0 Å². The standard InChI is InChI=1S/C32H43F3N4O6/c1-21-18-39(22(2)20-40)31(43)26-17-25(37-30(42)24-11-14-36-15-12-24)8-9-27(26)45-23(3)7-5-6-16-44-28(21)19-38(4)29(41)10-13-32(33,34)35/h8-9,11-12,14-15,17,21-23,28,40H,5-7,10,13,16,18-20H2,1-4H3,(H,37,42)/t21-,22-,23+,28+/m0/s1. The number of benzene rings is 1. The number of carbonyl (C=O) groups is 3. The molecule has 2 aromatic rings. The Morgan fingerprint density at radius 2 is 1.89 bits per heavy atom. The van der Waals surface area contributed by atoms with Gasteiger partial charge < -0.3 is 29.7 Å². The number of halogens is 3. The maximum absolute atomic E-state index is 14.2. The molecule has 0 aliphatic carbocycles. The minimum absolute atomic E-state index is 0.0364. The number of hydrogen-bond donors (Lipinski definition) is 2. The van der Waals surface area contributed by atoms with Gasteiger partial charge in [0.2, 0.25) is 5.91 Å².